The first-order valence-corrected chi connectivity index (χ1v) is 9.42. The molecular weight excluding hydrogens is 348 g/mol. The zero-order chi connectivity index (χ0) is 18.4. The molecule has 2 heterocycles. The molecule has 0 saturated heterocycles. The first-order valence-electron chi connectivity index (χ1n) is 8.43. The minimum atomic E-state index is 0.224. The second-order valence-electron chi connectivity index (χ2n) is 5.84. The number of benzene rings is 1. The van der Waals surface area contributed by atoms with Crippen LogP contribution < -0.4 is 4.74 Å². The van der Waals surface area contributed by atoms with Crippen LogP contribution in [0.1, 0.15) is 13.8 Å². The molecule has 0 saturated carbocycles. The largest absolute Gasteiger partial charge is 0.497 e. The van der Waals surface area contributed by atoms with E-state index in [1.807, 2.05) is 50.2 Å². The van der Waals surface area contributed by atoms with Crippen LogP contribution in [0, 0.1) is 0 Å². The molecule has 0 N–H and O–H groups in total. The molecule has 0 fully saturated rings. The summed E-state index contributed by atoms with van der Waals surface area (Å²) in [5.74, 6) is 2.40. The smallest absolute Gasteiger partial charge is 0.196 e. The molecule has 0 amide bonds. The minimum Gasteiger partial charge on any atom is -0.497 e. The van der Waals surface area contributed by atoms with Crippen molar-refractivity contribution in [2.75, 3.05) is 19.5 Å². The molecule has 3 aromatic rings. The normalized spacial score (nSPS) is 11.1. The van der Waals surface area contributed by atoms with E-state index in [-0.39, 0.29) is 6.10 Å². The van der Waals surface area contributed by atoms with Crippen molar-refractivity contribution in [3.63, 3.8) is 0 Å². The summed E-state index contributed by atoms with van der Waals surface area (Å²) in [4.78, 5) is 4.08. The fourth-order valence-electron chi connectivity index (χ4n) is 2.43. The van der Waals surface area contributed by atoms with Crippen molar-refractivity contribution >= 4 is 11.8 Å². The molecular formula is C19H22N4O2S. The Morgan fingerprint density at radius 3 is 2.42 bits per heavy atom. The molecule has 7 heteroatoms. The van der Waals surface area contributed by atoms with Crippen LogP contribution in [0.15, 0.2) is 53.9 Å². The Balaban J connectivity index is 1.92. The zero-order valence-corrected chi connectivity index (χ0v) is 15.9. The average Bonchev–Trinajstić information content (AvgIpc) is 3.10. The molecule has 0 atom stereocenters. The Hall–Kier alpha value is -2.38. The predicted molar refractivity (Wildman–Crippen MR) is 103 cm³/mol. The first-order chi connectivity index (χ1) is 12.7. The van der Waals surface area contributed by atoms with E-state index in [0.29, 0.717) is 6.61 Å². The van der Waals surface area contributed by atoms with Gasteiger partial charge in [-0.2, -0.15) is 0 Å². The molecule has 3 rings (SSSR count). The van der Waals surface area contributed by atoms with E-state index in [1.165, 1.54) is 0 Å². The number of nitrogens with zero attached hydrogens (tertiary/aromatic N) is 4. The van der Waals surface area contributed by atoms with E-state index in [1.54, 1.807) is 31.3 Å². The molecule has 0 unspecified atom stereocenters. The molecule has 136 valence electrons. The van der Waals surface area contributed by atoms with Gasteiger partial charge < -0.3 is 9.47 Å². The van der Waals surface area contributed by atoms with Gasteiger partial charge in [-0.3, -0.25) is 9.55 Å². The highest BCUT2D eigenvalue weighted by Gasteiger charge is 2.16. The van der Waals surface area contributed by atoms with Crippen LogP contribution in [0.5, 0.6) is 5.75 Å². The van der Waals surface area contributed by atoms with Crippen LogP contribution in [0.3, 0.4) is 0 Å². The van der Waals surface area contributed by atoms with Crippen LogP contribution >= 0.6 is 11.8 Å². The quantitative estimate of drug-likeness (QED) is 0.443. The van der Waals surface area contributed by atoms with Crippen LogP contribution in [-0.4, -0.2) is 45.3 Å². The lowest BCUT2D eigenvalue weighted by Gasteiger charge is -2.11. The summed E-state index contributed by atoms with van der Waals surface area (Å²) in [5.41, 5.74) is 1.95. The number of thioether (sulfide) groups is 1. The number of methoxy groups -OCH3 is 1. The summed E-state index contributed by atoms with van der Waals surface area (Å²) in [5, 5.41) is 9.64. The molecule has 26 heavy (non-hydrogen) atoms. The Morgan fingerprint density at radius 2 is 1.77 bits per heavy atom. The lowest BCUT2D eigenvalue weighted by Crippen LogP contribution is -2.06. The Labute approximate surface area is 157 Å². The number of rotatable bonds is 8. The van der Waals surface area contributed by atoms with Gasteiger partial charge in [0.25, 0.3) is 0 Å². The summed E-state index contributed by atoms with van der Waals surface area (Å²) in [6.45, 7) is 4.74. The van der Waals surface area contributed by atoms with Crippen molar-refractivity contribution in [2.45, 2.75) is 25.1 Å². The summed E-state index contributed by atoms with van der Waals surface area (Å²) in [7, 11) is 1.66. The lowest BCUT2D eigenvalue weighted by atomic mass is 10.2. The van der Waals surface area contributed by atoms with E-state index in [0.717, 1.165) is 33.7 Å². The molecule has 0 radical (unpaired) electrons. The highest BCUT2D eigenvalue weighted by Crippen LogP contribution is 2.28. The van der Waals surface area contributed by atoms with Crippen molar-refractivity contribution in [3.8, 4) is 22.8 Å². The molecule has 0 aliphatic rings. The van der Waals surface area contributed by atoms with Gasteiger partial charge in [-0.05, 0) is 50.2 Å². The fourth-order valence-corrected chi connectivity index (χ4v) is 3.21. The third kappa shape index (κ3) is 4.42. The van der Waals surface area contributed by atoms with Crippen molar-refractivity contribution in [1.29, 1.82) is 0 Å². The SMILES string of the molecule is COc1ccc(-n2c(SCCOC(C)C)nnc2-c2ccncc2)cc1. The minimum absolute atomic E-state index is 0.224. The van der Waals surface area contributed by atoms with Gasteiger partial charge >= 0.3 is 0 Å². The van der Waals surface area contributed by atoms with Crippen molar-refractivity contribution in [3.05, 3.63) is 48.8 Å². The van der Waals surface area contributed by atoms with E-state index in [4.69, 9.17) is 9.47 Å². The maximum absolute atomic E-state index is 5.63. The molecule has 2 aromatic heterocycles. The second-order valence-corrected chi connectivity index (χ2v) is 6.91. The maximum atomic E-state index is 5.63. The van der Waals surface area contributed by atoms with Gasteiger partial charge in [-0.25, -0.2) is 0 Å². The van der Waals surface area contributed by atoms with E-state index in [2.05, 4.69) is 19.7 Å². The topological polar surface area (TPSA) is 62.1 Å². The Kier molecular flexibility index (Phi) is 6.25. The summed E-state index contributed by atoms with van der Waals surface area (Å²) >= 11 is 1.63. The van der Waals surface area contributed by atoms with Crippen LogP contribution in [0.4, 0.5) is 0 Å². The first kappa shape index (κ1) is 18.4. The van der Waals surface area contributed by atoms with E-state index in [9.17, 15) is 0 Å². The third-order valence-corrected chi connectivity index (χ3v) is 4.56. The van der Waals surface area contributed by atoms with Gasteiger partial charge in [0.2, 0.25) is 0 Å². The monoisotopic (exact) mass is 370 g/mol. The summed E-state index contributed by atoms with van der Waals surface area (Å²) in [6, 6.07) is 11.7. The molecule has 0 aliphatic heterocycles. The number of ether oxygens (including phenoxy) is 2. The predicted octanol–water partition coefficient (Wildman–Crippen LogP) is 3.86. The fraction of sp³-hybridized carbons (Fsp3) is 0.316. The average molecular weight is 370 g/mol. The zero-order valence-electron chi connectivity index (χ0n) is 15.1. The van der Waals surface area contributed by atoms with E-state index >= 15 is 0 Å². The lowest BCUT2D eigenvalue weighted by molar-refractivity contribution is 0.0920. The number of hydrogen-bond donors (Lipinski definition) is 0. The van der Waals surface area contributed by atoms with Crippen LogP contribution in [0.2, 0.25) is 0 Å². The van der Waals surface area contributed by atoms with Crippen molar-refractivity contribution in [1.82, 2.24) is 19.7 Å². The van der Waals surface area contributed by atoms with Gasteiger partial charge in [0.1, 0.15) is 5.75 Å². The highest BCUT2D eigenvalue weighted by atomic mass is 32.2. The Morgan fingerprint density at radius 1 is 1.04 bits per heavy atom. The molecule has 0 spiro atoms. The highest BCUT2D eigenvalue weighted by molar-refractivity contribution is 7.99. The Bertz CT molecular complexity index is 819. The van der Waals surface area contributed by atoms with Gasteiger partial charge in [0, 0.05) is 29.4 Å². The van der Waals surface area contributed by atoms with Crippen molar-refractivity contribution < 1.29 is 9.47 Å². The second kappa shape index (κ2) is 8.82. The van der Waals surface area contributed by atoms with Gasteiger partial charge in [-0.1, -0.05) is 11.8 Å². The van der Waals surface area contributed by atoms with Gasteiger partial charge in [-0.15, -0.1) is 10.2 Å². The van der Waals surface area contributed by atoms with Crippen molar-refractivity contribution in [2.24, 2.45) is 0 Å². The molecule has 1 aromatic carbocycles. The summed E-state index contributed by atoms with van der Waals surface area (Å²) < 4.78 is 12.9. The van der Waals surface area contributed by atoms with E-state index < -0.39 is 0 Å². The molecule has 0 aliphatic carbocycles. The van der Waals surface area contributed by atoms with Gasteiger partial charge in [0.15, 0.2) is 11.0 Å². The van der Waals surface area contributed by atoms with Crippen LogP contribution in [-0.2, 0) is 4.74 Å². The maximum Gasteiger partial charge on any atom is 0.196 e. The summed E-state index contributed by atoms with van der Waals surface area (Å²) in [6.07, 6.45) is 3.74. The number of pyridine rings is 1. The standard InChI is InChI=1S/C19H22N4O2S/c1-14(2)25-12-13-26-19-22-21-18(15-8-10-20-11-9-15)23(19)16-4-6-17(24-3)7-5-16/h4-11,14H,12-13H2,1-3H3. The number of hydrogen-bond acceptors (Lipinski definition) is 6. The third-order valence-electron chi connectivity index (χ3n) is 3.67. The number of aromatic nitrogens is 4. The van der Waals surface area contributed by atoms with Gasteiger partial charge in [0.05, 0.1) is 19.8 Å². The van der Waals surface area contributed by atoms with Crippen LogP contribution in [0.25, 0.3) is 17.1 Å². The molecule has 0 bridgehead atoms. The molecule has 6 nitrogen and oxygen atoms in total.